The summed E-state index contributed by atoms with van der Waals surface area (Å²) in [6.07, 6.45) is 15.7. The topological polar surface area (TPSA) is 52.6 Å². The summed E-state index contributed by atoms with van der Waals surface area (Å²) in [5, 5.41) is 0. The van der Waals surface area contributed by atoms with Crippen molar-refractivity contribution >= 4 is 11.9 Å². The fourth-order valence-electron chi connectivity index (χ4n) is 5.01. The highest BCUT2D eigenvalue weighted by Crippen LogP contribution is 2.26. The van der Waals surface area contributed by atoms with Gasteiger partial charge in [-0.2, -0.15) is 0 Å². The van der Waals surface area contributed by atoms with Crippen LogP contribution in [0.3, 0.4) is 0 Å². The van der Waals surface area contributed by atoms with E-state index in [4.69, 9.17) is 9.47 Å². The van der Waals surface area contributed by atoms with Crippen LogP contribution in [0.1, 0.15) is 123 Å². The lowest BCUT2D eigenvalue weighted by Crippen LogP contribution is -2.20. The molecule has 0 aliphatic heterocycles. The van der Waals surface area contributed by atoms with Gasteiger partial charge in [-0.15, -0.1) is 0 Å². The molecule has 4 heteroatoms. The van der Waals surface area contributed by atoms with Crippen LogP contribution in [0.4, 0.5) is 0 Å². The lowest BCUT2D eigenvalue weighted by Gasteiger charge is -2.17. The van der Waals surface area contributed by atoms with Crippen LogP contribution in [-0.2, 0) is 12.8 Å². The Labute approximate surface area is 241 Å². The Kier molecular flexibility index (Phi) is 14.0. The van der Waals surface area contributed by atoms with Gasteiger partial charge in [0.05, 0.1) is 11.1 Å². The standard InChI is InChI=1S/C36H46O4/c1-3-5-7-9-11-15-21-29-27-30(22-16-12-10-8-6-4-2)34(36(38)40-32-25-19-14-20-26-32)33(28-29)35(37)39-31-23-17-13-18-24-31/h13-14,17-20,23-28H,3-12,15-16,21-22H2,1-2H3. The molecule has 0 atom stereocenters. The summed E-state index contributed by atoms with van der Waals surface area (Å²) in [4.78, 5) is 27.2. The van der Waals surface area contributed by atoms with Gasteiger partial charge in [0, 0.05) is 0 Å². The lowest BCUT2D eigenvalue weighted by atomic mass is 9.91. The van der Waals surface area contributed by atoms with Crippen molar-refractivity contribution in [3.05, 3.63) is 95.1 Å². The minimum Gasteiger partial charge on any atom is -0.423 e. The molecule has 3 rings (SSSR count). The van der Waals surface area contributed by atoms with Crippen LogP contribution < -0.4 is 9.47 Å². The Bertz CT molecular complexity index is 1150. The first-order chi connectivity index (χ1) is 19.6. The molecule has 0 unspecified atom stereocenters. The first-order valence-electron chi connectivity index (χ1n) is 15.3. The van der Waals surface area contributed by atoms with Gasteiger partial charge in [0.25, 0.3) is 0 Å². The predicted molar refractivity (Wildman–Crippen MR) is 163 cm³/mol. The Morgan fingerprint density at radius 3 is 1.57 bits per heavy atom. The fourth-order valence-corrected chi connectivity index (χ4v) is 5.01. The van der Waals surface area contributed by atoms with Crippen LogP contribution in [0.15, 0.2) is 72.8 Å². The van der Waals surface area contributed by atoms with Gasteiger partial charge in [0.1, 0.15) is 11.5 Å². The molecule has 0 saturated carbocycles. The summed E-state index contributed by atoms with van der Waals surface area (Å²) < 4.78 is 11.5. The molecule has 0 amide bonds. The average Bonchev–Trinajstić information content (AvgIpc) is 2.97. The largest absolute Gasteiger partial charge is 0.423 e. The van der Waals surface area contributed by atoms with E-state index < -0.39 is 11.9 Å². The second-order valence-corrected chi connectivity index (χ2v) is 10.6. The lowest BCUT2D eigenvalue weighted by molar-refractivity contribution is 0.0691. The predicted octanol–water partition coefficient (Wildman–Crippen LogP) is 9.93. The molecule has 0 aromatic heterocycles. The van der Waals surface area contributed by atoms with Crippen molar-refractivity contribution in [3.63, 3.8) is 0 Å². The average molecular weight is 543 g/mol. The molecule has 0 N–H and O–H groups in total. The molecule has 214 valence electrons. The van der Waals surface area contributed by atoms with Gasteiger partial charge >= 0.3 is 11.9 Å². The minimum absolute atomic E-state index is 0.286. The highest BCUT2D eigenvalue weighted by molar-refractivity contribution is 6.05. The van der Waals surface area contributed by atoms with Crippen LogP contribution in [0.2, 0.25) is 0 Å². The molecule has 0 spiro atoms. The van der Waals surface area contributed by atoms with Crippen LogP contribution in [0.25, 0.3) is 0 Å². The molecular formula is C36H46O4. The van der Waals surface area contributed by atoms with Gasteiger partial charge in [-0.05, 0) is 67.1 Å². The summed E-state index contributed by atoms with van der Waals surface area (Å²) in [6.45, 7) is 4.45. The van der Waals surface area contributed by atoms with Crippen LogP contribution in [-0.4, -0.2) is 11.9 Å². The van der Waals surface area contributed by atoms with Gasteiger partial charge in [-0.25, -0.2) is 9.59 Å². The van der Waals surface area contributed by atoms with Crippen molar-refractivity contribution in [2.24, 2.45) is 0 Å². The van der Waals surface area contributed by atoms with Crippen molar-refractivity contribution in [2.45, 2.75) is 104 Å². The number of rotatable bonds is 18. The maximum Gasteiger partial charge on any atom is 0.344 e. The van der Waals surface area contributed by atoms with Crippen LogP contribution in [0, 0.1) is 0 Å². The van der Waals surface area contributed by atoms with Crippen molar-refractivity contribution in [3.8, 4) is 11.5 Å². The highest BCUT2D eigenvalue weighted by atomic mass is 16.5. The maximum absolute atomic E-state index is 13.6. The van der Waals surface area contributed by atoms with Crippen LogP contribution >= 0.6 is 0 Å². The van der Waals surface area contributed by atoms with E-state index in [1.54, 1.807) is 24.3 Å². The van der Waals surface area contributed by atoms with Crippen molar-refractivity contribution in [2.75, 3.05) is 0 Å². The Morgan fingerprint density at radius 1 is 0.550 bits per heavy atom. The molecule has 3 aromatic carbocycles. The number of para-hydroxylation sites is 2. The Morgan fingerprint density at radius 2 is 1.02 bits per heavy atom. The Balaban J connectivity index is 1.90. The summed E-state index contributed by atoms with van der Waals surface area (Å²) in [6, 6.07) is 22.0. The zero-order chi connectivity index (χ0) is 28.4. The molecule has 0 radical (unpaired) electrons. The monoisotopic (exact) mass is 542 g/mol. The first kappa shape index (κ1) is 31.1. The van der Waals surface area contributed by atoms with Crippen LogP contribution in [0.5, 0.6) is 11.5 Å². The van der Waals surface area contributed by atoms with Gasteiger partial charge in [-0.1, -0.05) is 121 Å². The molecule has 4 nitrogen and oxygen atoms in total. The maximum atomic E-state index is 13.6. The molecule has 0 aliphatic carbocycles. The third-order valence-electron chi connectivity index (χ3n) is 7.23. The Hall–Kier alpha value is -3.40. The van der Waals surface area contributed by atoms with Crippen molar-refractivity contribution < 1.29 is 19.1 Å². The molecule has 3 aromatic rings. The van der Waals surface area contributed by atoms with E-state index >= 15 is 0 Å². The van der Waals surface area contributed by atoms with E-state index in [-0.39, 0.29) is 5.56 Å². The highest BCUT2D eigenvalue weighted by Gasteiger charge is 2.25. The number of ether oxygens (including phenoxy) is 2. The number of carbonyl (C=O) groups is 2. The summed E-state index contributed by atoms with van der Waals surface area (Å²) in [7, 11) is 0. The smallest absolute Gasteiger partial charge is 0.344 e. The number of benzene rings is 3. The third-order valence-corrected chi connectivity index (χ3v) is 7.23. The van der Waals surface area contributed by atoms with Crippen molar-refractivity contribution in [1.29, 1.82) is 0 Å². The van der Waals surface area contributed by atoms with E-state index in [9.17, 15) is 9.59 Å². The quantitative estimate of drug-likeness (QED) is 0.0911. The first-order valence-corrected chi connectivity index (χ1v) is 15.3. The summed E-state index contributed by atoms with van der Waals surface area (Å²) in [5.41, 5.74) is 2.56. The molecule has 0 heterocycles. The van der Waals surface area contributed by atoms with E-state index in [2.05, 4.69) is 19.9 Å². The third kappa shape index (κ3) is 10.6. The van der Waals surface area contributed by atoms with Gasteiger partial charge in [-0.3, -0.25) is 0 Å². The minimum atomic E-state index is -0.528. The number of esters is 2. The van der Waals surface area contributed by atoms with E-state index in [0.717, 1.165) is 49.7 Å². The van der Waals surface area contributed by atoms with E-state index in [1.165, 1.54) is 51.4 Å². The second kappa shape index (κ2) is 18.0. The number of aryl methyl sites for hydroxylation is 2. The van der Waals surface area contributed by atoms with Gasteiger partial charge < -0.3 is 9.47 Å². The second-order valence-electron chi connectivity index (χ2n) is 10.6. The number of hydrogen-bond donors (Lipinski definition) is 0. The summed E-state index contributed by atoms with van der Waals surface area (Å²) in [5.74, 6) is -0.135. The van der Waals surface area contributed by atoms with E-state index in [0.29, 0.717) is 17.1 Å². The number of unbranched alkanes of at least 4 members (excludes halogenated alkanes) is 10. The molecule has 0 aliphatic rings. The summed E-state index contributed by atoms with van der Waals surface area (Å²) >= 11 is 0. The normalized spacial score (nSPS) is 10.8. The zero-order valence-corrected chi connectivity index (χ0v) is 24.5. The fraction of sp³-hybridized carbons (Fsp3) is 0.444. The molecule has 40 heavy (non-hydrogen) atoms. The van der Waals surface area contributed by atoms with Crippen molar-refractivity contribution in [1.82, 2.24) is 0 Å². The molecule has 0 fully saturated rings. The zero-order valence-electron chi connectivity index (χ0n) is 24.5. The van der Waals surface area contributed by atoms with Gasteiger partial charge in [0.2, 0.25) is 0 Å². The van der Waals surface area contributed by atoms with E-state index in [1.807, 2.05) is 42.5 Å². The molecule has 0 saturated heterocycles. The molecule has 0 bridgehead atoms. The number of carbonyl (C=O) groups excluding carboxylic acids is 2. The SMILES string of the molecule is CCCCCCCCc1cc(CCCCCCCC)c(C(=O)Oc2ccccc2)c(C(=O)Oc2ccccc2)c1. The molecular weight excluding hydrogens is 496 g/mol. The van der Waals surface area contributed by atoms with Gasteiger partial charge in [0.15, 0.2) is 0 Å². The number of hydrogen-bond acceptors (Lipinski definition) is 4.